The summed E-state index contributed by atoms with van der Waals surface area (Å²) in [7, 11) is 4.32. The van der Waals surface area contributed by atoms with E-state index in [1.54, 1.807) is 19.2 Å². The molecule has 2 aromatic carbocycles. The Morgan fingerprint density at radius 3 is 1.45 bits per heavy atom. The van der Waals surface area contributed by atoms with Crippen LogP contribution in [0.5, 0.6) is 11.5 Å². The van der Waals surface area contributed by atoms with Gasteiger partial charge in [0.25, 0.3) is 0 Å². The minimum Gasteiger partial charge on any atom is -0.793 e. The van der Waals surface area contributed by atoms with Gasteiger partial charge in [0.2, 0.25) is 5.97 Å². The number of nitrogens with zero attached hydrogens (tertiary/aromatic N) is 2. The van der Waals surface area contributed by atoms with Gasteiger partial charge in [-0.1, -0.05) is 61.1 Å². The van der Waals surface area contributed by atoms with Crippen molar-refractivity contribution in [3.8, 4) is 11.5 Å². The van der Waals surface area contributed by atoms with Crippen LogP contribution in [0.4, 0.5) is 0 Å². The molecule has 4 aromatic rings. The number of rotatable bonds is 14. The molecule has 0 amide bonds. The van der Waals surface area contributed by atoms with Gasteiger partial charge in [0.1, 0.15) is 17.2 Å². The van der Waals surface area contributed by atoms with Crippen LogP contribution in [0.15, 0.2) is 60.9 Å². The summed E-state index contributed by atoms with van der Waals surface area (Å²) in [6.07, 6.45) is 15.2. The molecule has 0 saturated heterocycles. The molecule has 2 aliphatic carbocycles. The largest absolute Gasteiger partial charge is 1.00 e. The Morgan fingerprint density at radius 1 is 0.645 bits per heavy atom. The van der Waals surface area contributed by atoms with Crippen molar-refractivity contribution >= 4 is 65.7 Å². The Bertz CT molecular complexity index is 2340. The van der Waals surface area contributed by atoms with Crippen LogP contribution in [-0.2, 0) is 54.4 Å². The van der Waals surface area contributed by atoms with Crippen LogP contribution >= 0.6 is 0 Å². The minimum atomic E-state index is -0.639. The summed E-state index contributed by atoms with van der Waals surface area (Å²) in [5.74, 6) is 1.30. The summed E-state index contributed by atoms with van der Waals surface area (Å²) in [4.78, 5) is 78.0. The fourth-order valence-electron chi connectivity index (χ4n) is 8.20. The van der Waals surface area contributed by atoms with Crippen molar-refractivity contribution in [2.75, 3.05) is 26.3 Å². The number of nitrogens with two attached hydrogens (primary N) is 1. The maximum Gasteiger partial charge on any atom is 1.00 e. The normalized spacial score (nSPS) is 16.6. The SMILES string of the molecule is C.CC(=O)OOC(C)=O.CC(C)(C)C1CCC(Oc2ccc3cc(C=O)ncc3c2)CC1.CCOC(=O)CCN.CCOC(=O)CCNCc1cc2ccc(OC3CCC(C(C)(C)C)CC3)cc2cn1.[B-]OC(C)=O.[Na+]. The molecule has 0 unspecified atom stereocenters. The van der Waals surface area contributed by atoms with Crippen molar-refractivity contribution < 1.29 is 91.7 Å². The fourth-order valence-corrected chi connectivity index (χ4v) is 8.20. The molecule has 0 atom stereocenters. The number of carbonyl (C=O) groups excluding carboxylic acids is 6. The van der Waals surface area contributed by atoms with Gasteiger partial charge in [-0.05, 0) is 135 Å². The van der Waals surface area contributed by atoms with Crippen LogP contribution in [0.2, 0.25) is 0 Å². The number of aldehydes is 1. The van der Waals surface area contributed by atoms with E-state index in [2.05, 4.69) is 108 Å². The van der Waals surface area contributed by atoms with Gasteiger partial charge >= 0.3 is 53.4 Å². The number of pyridine rings is 2. The van der Waals surface area contributed by atoms with Crippen molar-refractivity contribution in [1.82, 2.24) is 15.3 Å². The van der Waals surface area contributed by atoms with E-state index in [0.29, 0.717) is 74.4 Å². The van der Waals surface area contributed by atoms with Gasteiger partial charge in [-0.25, -0.2) is 19.4 Å². The zero-order chi connectivity index (χ0) is 55.3. The van der Waals surface area contributed by atoms with E-state index in [4.69, 9.17) is 19.9 Å². The number of carbonyl (C=O) groups is 6. The predicted molar refractivity (Wildman–Crippen MR) is 292 cm³/mol. The number of aromatic nitrogens is 2. The zero-order valence-electron chi connectivity index (χ0n) is 46.6. The molecule has 3 radical (unpaired) electrons. The molecule has 3 N–H and O–H groups in total. The summed E-state index contributed by atoms with van der Waals surface area (Å²) in [6.45, 7) is 23.6. The smallest absolute Gasteiger partial charge is 0.793 e. The van der Waals surface area contributed by atoms with Crippen LogP contribution in [0, 0.1) is 22.7 Å². The molecule has 2 aliphatic rings. The summed E-state index contributed by atoms with van der Waals surface area (Å²) in [5, 5.41) is 7.52. The van der Waals surface area contributed by atoms with Crippen LogP contribution in [0.3, 0.4) is 0 Å². The van der Waals surface area contributed by atoms with E-state index in [0.717, 1.165) is 96.4 Å². The van der Waals surface area contributed by atoms with Gasteiger partial charge in [-0.3, -0.25) is 29.1 Å². The number of benzene rings is 2. The Kier molecular flexibility index (Phi) is 35.1. The second-order valence-electron chi connectivity index (χ2n) is 20.2. The molecule has 415 valence electrons. The Labute approximate surface area is 475 Å². The fraction of sp³-hybridized carbons (Fsp3) is 0.579. The second-order valence-corrected chi connectivity index (χ2v) is 20.2. The third-order valence-corrected chi connectivity index (χ3v) is 12.2. The molecule has 17 nitrogen and oxygen atoms in total. The van der Waals surface area contributed by atoms with Gasteiger partial charge in [0.15, 0.2) is 6.29 Å². The molecule has 76 heavy (non-hydrogen) atoms. The standard InChI is InChI=1S/C25H36N2O3.C20H25NO2.C5H11NO2.C4H6O4.C2H3BO2.CH4.Na/c1-5-29-24(28)12-13-26-17-21-14-18-6-9-23(15-19(18)16-27-21)30-22-10-7-20(8-11-22)25(2,3)4;1-20(2,3)16-5-8-18(9-6-16)23-19-7-4-14-10-17(13-22)21-12-15(14)11-19;1-2-8-5(7)3-4-6;1-3(5)7-8-4(2)6;1-2(4)5-3;;/h6,9,14-16,20,22,26H,5,7-8,10-13,17H2,1-4H3;4,7,10-13,16,18H,5-6,8-9H2,1-3H3;2-4,6H2,1H3;1-2H3;1H3;1H4;/q;;;;-1;;+1. The van der Waals surface area contributed by atoms with Crippen molar-refractivity contribution in [2.45, 2.75) is 167 Å². The molecule has 6 rings (SSSR count). The topological polar surface area (TPSA) is 231 Å². The van der Waals surface area contributed by atoms with E-state index < -0.39 is 17.9 Å². The Morgan fingerprint density at radius 2 is 1.07 bits per heavy atom. The molecule has 2 aromatic heterocycles. The van der Waals surface area contributed by atoms with Gasteiger partial charge in [0.05, 0.1) is 44.0 Å². The van der Waals surface area contributed by atoms with Gasteiger partial charge in [0, 0.05) is 63.6 Å². The van der Waals surface area contributed by atoms with Gasteiger partial charge < -0.3 is 42.7 Å². The van der Waals surface area contributed by atoms with Crippen LogP contribution in [-0.4, -0.2) is 92.7 Å². The third-order valence-electron chi connectivity index (χ3n) is 12.2. The first-order valence-corrected chi connectivity index (χ1v) is 25.5. The van der Waals surface area contributed by atoms with E-state index in [1.807, 2.05) is 31.3 Å². The number of ether oxygens (including phenoxy) is 4. The summed E-state index contributed by atoms with van der Waals surface area (Å²) >= 11 is 0. The zero-order valence-corrected chi connectivity index (χ0v) is 48.6. The van der Waals surface area contributed by atoms with Crippen LogP contribution in [0.25, 0.3) is 21.5 Å². The van der Waals surface area contributed by atoms with E-state index in [9.17, 15) is 28.8 Å². The first-order valence-electron chi connectivity index (χ1n) is 25.5. The first kappa shape index (κ1) is 70.9. The number of nitrogens with one attached hydrogen (secondary N) is 1. The first-order chi connectivity index (χ1) is 35.0. The molecular formula is C57H85BN4NaO13. The Balaban J connectivity index is 0.00000107. The average molecular weight is 1070 g/mol. The number of hydrogen-bond acceptors (Lipinski definition) is 17. The van der Waals surface area contributed by atoms with Gasteiger partial charge in [-0.15, -0.1) is 0 Å². The molecule has 2 fully saturated rings. The van der Waals surface area contributed by atoms with E-state index in [-0.39, 0.29) is 48.9 Å². The maximum atomic E-state index is 11.4. The van der Waals surface area contributed by atoms with Crippen molar-refractivity contribution in [3.05, 3.63) is 72.3 Å². The summed E-state index contributed by atoms with van der Waals surface area (Å²) in [6, 6.07) is 16.2. The third kappa shape index (κ3) is 29.4. The molecule has 2 heterocycles. The molecule has 0 bridgehead atoms. The monoisotopic (exact) mass is 1070 g/mol. The second kappa shape index (κ2) is 37.6. The van der Waals surface area contributed by atoms with Crippen LogP contribution < -0.4 is 50.1 Å². The van der Waals surface area contributed by atoms with Crippen molar-refractivity contribution in [3.63, 3.8) is 0 Å². The molecule has 2 saturated carbocycles. The van der Waals surface area contributed by atoms with Crippen molar-refractivity contribution in [1.29, 1.82) is 0 Å². The average Bonchev–Trinajstić information content (AvgIpc) is 3.35. The minimum absolute atomic E-state index is 0. The molecule has 0 spiro atoms. The maximum absolute atomic E-state index is 11.4. The van der Waals surface area contributed by atoms with Crippen LogP contribution in [0.1, 0.15) is 164 Å². The van der Waals surface area contributed by atoms with Crippen molar-refractivity contribution in [2.24, 2.45) is 28.4 Å². The molecular weight excluding hydrogens is 982 g/mol. The van der Waals surface area contributed by atoms with E-state index >= 15 is 0 Å². The number of fused-ring (bicyclic) bond motifs is 2. The summed E-state index contributed by atoms with van der Waals surface area (Å²) in [5.41, 5.74) is 7.27. The number of hydrogen-bond donors (Lipinski definition) is 2. The Hall–Kier alpha value is -5.14. The molecule has 0 aliphatic heterocycles. The van der Waals surface area contributed by atoms with E-state index in [1.165, 1.54) is 32.6 Å². The quantitative estimate of drug-likeness (QED) is 0.0311. The number of esters is 2. The predicted octanol–water partition coefficient (Wildman–Crippen LogP) is 7.49. The molecule has 19 heteroatoms. The van der Waals surface area contributed by atoms with Gasteiger partial charge in [-0.2, -0.15) is 0 Å². The summed E-state index contributed by atoms with van der Waals surface area (Å²) < 4.78 is 25.6.